The molecular weight excluding hydrogens is 443 g/mol. The minimum absolute atomic E-state index is 0.0378. The van der Waals surface area contributed by atoms with Gasteiger partial charge >= 0.3 is 6.18 Å². The summed E-state index contributed by atoms with van der Waals surface area (Å²) in [4.78, 5) is 19.2. The number of carbonyl (C=O) groups is 1. The Morgan fingerprint density at radius 2 is 1.88 bits per heavy atom. The number of halogens is 3. The lowest BCUT2D eigenvalue weighted by Gasteiger charge is -2.46. The highest BCUT2D eigenvalue weighted by atomic mass is 19.4. The molecule has 1 saturated carbocycles. The van der Waals surface area contributed by atoms with Gasteiger partial charge in [-0.3, -0.25) is 14.7 Å². The van der Waals surface area contributed by atoms with Gasteiger partial charge in [0.05, 0.1) is 18.2 Å². The number of aromatic nitrogens is 1. The van der Waals surface area contributed by atoms with E-state index in [1.165, 1.54) is 12.1 Å². The van der Waals surface area contributed by atoms with Crippen molar-refractivity contribution >= 4 is 17.3 Å². The first-order chi connectivity index (χ1) is 16.2. The van der Waals surface area contributed by atoms with Gasteiger partial charge in [-0.2, -0.15) is 13.2 Å². The number of nitrogens with two attached hydrogens (primary N) is 1. The van der Waals surface area contributed by atoms with Gasteiger partial charge in [-0.15, -0.1) is 0 Å². The fourth-order valence-electron chi connectivity index (χ4n) is 4.78. The molecule has 1 aromatic heterocycles. The Balaban J connectivity index is 1.16. The molecule has 2 aromatic rings. The van der Waals surface area contributed by atoms with Crippen LogP contribution in [0.1, 0.15) is 48.4 Å². The number of carbonyl (C=O) groups excluding carboxylic acids is 1. The molecule has 1 aliphatic carbocycles. The maximum Gasteiger partial charge on any atom is 0.416 e. The van der Waals surface area contributed by atoms with E-state index in [4.69, 9.17) is 5.73 Å². The van der Waals surface area contributed by atoms with Crippen molar-refractivity contribution in [1.29, 1.82) is 0 Å². The van der Waals surface area contributed by atoms with Crippen LogP contribution < -0.4 is 16.4 Å². The fourth-order valence-corrected chi connectivity index (χ4v) is 4.78. The summed E-state index contributed by atoms with van der Waals surface area (Å²) in [5, 5.41) is 5.81. The van der Waals surface area contributed by atoms with Crippen LogP contribution in [0.25, 0.3) is 5.70 Å². The predicted molar refractivity (Wildman–Crippen MR) is 126 cm³/mol. The van der Waals surface area contributed by atoms with Gasteiger partial charge in [-0.1, -0.05) is 18.7 Å². The van der Waals surface area contributed by atoms with Crippen LogP contribution in [-0.4, -0.2) is 47.5 Å². The zero-order chi connectivity index (χ0) is 24.3. The molecule has 2 fully saturated rings. The van der Waals surface area contributed by atoms with Crippen LogP contribution in [0.3, 0.4) is 0 Å². The Kier molecular flexibility index (Phi) is 7.11. The maximum absolute atomic E-state index is 12.9. The highest BCUT2D eigenvalue weighted by molar-refractivity contribution is 5.80. The Hall–Kier alpha value is -3.07. The largest absolute Gasteiger partial charge is 0.416 e. The third-order valence-corrected chi connectivity index (χ3v) is 6.71. The summed E-state index contributed by atoms with van der Waals surface area (Å²) in [7, 11) is 0. The van der Waals surface area contributed by atoms with E-state index in [1.807, 2.05) is 6.07 Å². The second-order valence-electron chi connectivity index (χ2n) is 9.15. The number of benzene rings is 1. The lowest BCUT2D eigenvalue weighted by Crippen LogP contribution is -2.63. The quantitative estimate of drug-likeness (QED) is 0.570. The van der Waals surface area contributed by atoms with E-state index in [0.29, 0.717) is 17.5 Å². The summed E-state index contributed by atoms with van der Waals surface area (Å²) in [5.74, 6) is 0.252. The van der Waals surface area contributed by atoms with Crippen LogP contribution in [0.2, 0.25) is 0 Å². The number of pyridine rings is 1. The molecule has 34 heavy (non-hydrogen) atoms. The third-order valence-electron chi connectivity index (χ3n) is 6.71. The van der Waals surface area contributed by atoms with Gasteiger partial charge in [0.1, 0.15) is 0 Å². The molecule has 1 saturated heterocycles. The van der Waals surface area contributed by atoms with E-state index in [2.05, 4.69) is 27.1 Å². The SMILES string of the molecule is C=C(NCC(=O)NC1CN(C2CCC(c3cc(N)ccn3)CC2)C1)c1cccc(C(F)(F)F)c1. The molecule has 9 heteroatoms. The Labute approximate surface area is 197 Å². The lowest BCUT2D eigenvalue weighted by molar-refractivity contribution is -0.137. The molecule has 0 bridgehead atoms. The van der Waals surface area contributed by atoms with Crippen molar-refractivity contribution in [1.82, 2.24) is 20.5 Å². The summed E-state index contributed by atoms with van der Waals surface area (Å²) < 4.78 is 38.7. The number of nitrogen functional groups attached to an aromatic ring is 1. The number of hydrogen-bond donors (Lipinski definition) is 3. The van der Waals surface area contributed by atoms with E-state index < -0.39 is 11.7 Å². The van der Waals surface area contributed by atoms with E-state index in [9.17, 15) is 18.0 Å². The summed E-state index contributed by atoms with van der Waals surface area (Å²) in [6, 6.07) is 9.27. The van der Waals surface area contributed by atoms with Crippen LogP contribution in [0, 0.1) is 0 Å². The van der Waals surface area contributed by atoms with Gasteiger partial charge in [0.25, 0.3) is 0 Å². The van der Waals surface area contributed by atoms with Crippen LogP contribution >= 0.6 is 0 Å². The summed E-state index contributed by atoms with van der Waals surface area (Å²) in [5.41, 5.74) is 7.55. The average Bonchev–Trinajstić information content (AvgIpc) is 2.79. The van der Waals surface area contributed by atoms with E-state index >= 15 is 0 Å². The van der Waals surface area contributed by atoms with Gasteiger partial charge in [-0.05, 0) is 55.5 Å². The Bertz CT molecular complexity index is 1030. The number of anilines is 1. The van der Waals surface area contributed by atoms with Crippen LogP contribution in [0.4, 0.5) is 18.9 Å². The van der Waals surface area contributed by atoms with Crippen molar-refractivity contribution in [2.45, 2.75) is 49.9 Å². The molecule has 1 aromatic carbocycles. The number of hydrogen-bond acceptors (Lipinski definition) is 5. The number of alkyl halides is 3. The smallest absolute Gasteiger partial charge is 0.399 e. The third kappa shape index (κ3) is 5.88. The molecule has 2 aliphatic rings. The minimum atomic E-state index is -4.42. The molecule has 6 nitrogen and oxygen atoms in total. The molecular formula is C25H30F3N5O. The highest BCUT2D eigenvalue weighted by Crippen LogP contribution is 2.35. The molecule has 1 aliphatic heterocycles. The van der Waals surface area contributed by atoms with Gasteiger partial charge in [-0.25, -0.2) is 0 Å². The van der Waals surface area contributed by atoms with Gasteiger partial charge in [0, 0.05) is 48.3 Å². The van der Waals surface area contributed by atoms with Crippen molar-refractivity contribution in [2.75, 3.05) is 25.4 Å². The molecule has 2 heterocycles. The molecule has 0 unspecified atom stereocenters. The minimum Gasteiger partial charge on any atom is -0.399 e. The zero-order valence-electron chi connectivity index (χ0n) is 18.9. The van der Waals surface area contributed by atoms with E-state index in [-0.39, 0.29) is 24.2 Å². The van der Waals surface area contributed by atoms with Crippen molar-refractivity contribution in [3.05, 3.63) is 66.0 Å². The van der Waals surface area contributed by atoms with Crippen molar-refractivity contribution < 1.29 is 18.0 Å². The number of likely N-dealkylation sites (tertiary alicyclic amines) is 1. The number of nitrogens with zero attached hydrogens (tertiary/aromatic N) is 2. The molecule has 4 N–H and O–H groups in total. The summed E-state index contributed by atoms with van der Waals surface area (Å²) >= 11 is 0. The predicted octanol–water partition coefficient (Wildman–Crippen LogP) is 3.77. The Morgan fingerprint density at radius 1 is 1.15 bits per heavy atom. The first-order valence-electron chi connectivity index (χ1n) is 11.5. The van der Waals surface area contributed by atoms with E-state index in [0.717, 1.165) is 62.3 Å². The molecule has 1 amide bonds. The van der Waals surface area contributed by atoms with Crippen LogP contribution in [0.5, 0.6) is 0 Å². The lowest BCUT2D eigenvalue weighted by atomic mass is 9.82. The normalized spacial score (nSPS) is 21.5. The summed E-state index contributed by atoms with van der Waals surface area (Å²) in [6.07, 6.45) is 1.70. The Morgan fingerprint density at radius 3 is 2.56 bits per heavy atom. The molecule has 0 spiro atoms. The molecule has 4 rings (SSSR count). The standard InChI is InChI=1S/C25H30F3N5O/c1-16(18-3-2-4-19(11-18)25(26,27)28)31-13-24(34)32-21-14-33(15-21)22-7-5-17(6-8-22)23-12-20(29)9-10-30-23/h2-4,9-12,17,21-22,31H,1,5-8,13-15H2,(H2,29,30)(H,32,34). The van der Waals surface area contributed by atoms with Gasteiger partial charge < -0.3 is 16.4 Å². The average molecular weight is 474 g/mol. The van der Waals surface area contributed by atoms with Gasteiger partial charge in [0.15, 0.2) is 0 Å². The van der Waals surface area contributed by atoms with Crippen LogP contribution in [-0.2, 0) is 11.0 Å². The zero-order valence-corrected chi connectivity index (χ0v) is 18.9. The topological polar surface area (TPSA) is 83.3 Å². The van der Waals surface area contributed by atoms with Crippen molar-refractivity contribution in [2.24, 2.45) is 0 Å². The van der Waals surface area contributed by atoms with Crippen LogP contribution in [0.15, 0.2) is 49.2 Å². The second-order valence-corrected chi connectivity index (χ2v) is 9.15. The fraction of sp³-hybridized carbons (Fsp3) is 0.440. The first kappa shape index (κ1) is 24.1. The molecule has 182 valence electrons. The monoisotopic (exact) mass is 473 g/mol. The van der Waals surface area contributed by atoms with Crippen molar-refractivity contribution in [3.63, 3.8) is 0 Å². The second kappa shape index (κ2) is 10.0. The number of rotatable bonds is 7. The first-order valence-corrected chi connectivity index (χ1v) is 11.5. The van der Waals surface area contributed by atoms with E-state index in [1.54, 1.807) is 12.3 Å². The number of amides is 1. The maximum atomic E-state index is 12.9. The molecule has 0 atom stereocenters. The van der Waals surface area contributed by atoms with Crippen molar-refractivity contribution in [3.8, 4) is 0 Å². The molecule has 0 radical (unpaired) electrons. The van der Waals surface area contributed by atoms with Gasteiger partial charge in [0.2, 0.25) is 5.91 Å². The number of nitrogens with one attached hydrogen (secondary N) is 2. The highest BCUT2D eigenvalue weighted by Gasteiger charge is 2.35. The summed E-state index contributed by atoms with van der Waals surface area (Å²) in [6.45, 7) is 5.35.